The molecule has 0 saturated carbocycles. The molecule has 1 aliphatic rings. The molecule has 0 radical (unpaired) electrons. The van der Waals surface area contributed by atoms with E-state index in [2.05, 4.69) is 46.8 Å². The quantitative estimate of drug-likeness (QED) is 0.922. The molecule has 3 atom stereocenters. The van der Waals surface area contributed by atoms with Crippen molar-refractivity contribution in [1.29, 1.82) is 0 Å². The second kappa shape index (κ2) is 6.91. The maximum atomic E-state index is 6.38. The fourth-order valence-electron chi connectivity index (χ4n) is 3.58. The number of nitrogens with two attached hydrogens (primary N) is 1. The monoisotopic (exact) mass is 291 g/mol. The molecule has 3 heteroatoms. The Bertz CT molecular complexity index is 453. The number of hydrogen-bond donors (Lipinski definition) is 1. The average molecular weight is 291 g/mol. The van der Waals surface area contributed by atoms with Crippen LogP contribution in [0.3, 0.4) is 0 Å². The maximum Gasteiger partial charge on any atom is 0.0663 e. The van der Waals surface area contributed by atoms with E-state index in [-0.39, 0.29) is 24.4 Å². The lowest BCUT2D eigenvalue weighted by atomic mass is 9.94. The molecule has 1 fully saturated rings. The second-order valence-corrected chi connectivity index (χ2v) is 6.60. The highest BCUT2D eigenvalue weighted by Gasteiger charge is 2.25. The lowest BCUT2D eigenvalue weighted by Crippen LogP contribution is -2.35. The van der Waals surface area contributed by atoms with Crippen molar-refractivity contribution in [1.82, 2.24) is 0 Å². The molecule has 2 rings (SSSR count). The first-order valence-electron chi connectivity index (χ1n) is 7.97. The molecular weight excluding hydrogens is 262 g/mol. The van der Waals surface area contributed by atoms with E-state index in [0.29, 0.717) is 6.61 Å². The van der Waals surface area contributed by atoms with E-state index in [9.17, 15) is 0 Å². The van der Waals surface area contributed by atoms with E-state index < -0.39 is 0 Å². The van der Waals surface area contributed by atoms with Crippen molar-refractivity contribution < 1.29 is 9.47 Å². The van der Waals surface area contributed by atoms with Crippen molar-refractivity contribution in [3.63, 3.8) is 0 Å². The van der Waals surface area contributed by atoms with Crippen molar-refractivity contribution in [3.05, 3.63) is 34.4 Å². The molecule has 0 amide bonds. The predicted molar refractivity (Wildman–Crippen MR) is 86.6 cm³/mol. The molecule has 0 spiro atoms. The minimum atomic E-state index is -0.0564. The average Bonchev–Trinajstić information content (AvgIpc) is 2.34. The molecule has 21 heavy (non-hydrogen) atoms. The minimum absolute atomic E-state index is 0.0564. The SMILES string of the molecule is Cc1cc(C)c(C(N)COC2CC(C)OC(C)C2)c(C)c1. The maximum absolute atomic E-state index is 6.38. The molecule has 1 aromatic carbocycles. The van der Waals surface area contributed by atoms with Crippen LogP contribution in [0.15, 0.2) is 12.1 Å². The number of benzene rings is 1. The number of aryl methyl sites for hydroxylation is 3. The van der Waals surface area contributed by atoms with Crippen molar-refractivity contribution in [2.75, 3.05) is 6.61 Å². The summed E-state index contributed by atoms with van der Waals surface area (Å²) in [7, 11) is 0. The van der Waals surface area contributed by atoms with Crippen LogP contribution >= 0.6 is 0 Å². The highest BCUT2D eigenvalue weighted by atomic mass is 16.5. The Kier molecular flexibility index (Phi) is 5.42. The fraction of sp³-hybridized carbons (Fsp3) is 0.667. The van der Waals surface area contributed by atoms with Gasteiger partial charge in [0.1, 0.15) is 0 Å². The van der Waals surface area contributed by atoms with Crippen molar-refractivity contribution in [3.8, 4) is 0 Å². The van der Waals surface area contributed by atoms with E-state index in [1.165, 1.54) is 22.3 Å². The van der Waals surface area contributed by atoms with Gasteiger partial charge in [-0.15, -0.1) is 0 Å². The summed E-state index contributed by atoms with van der Waals surface area (Å²) in [6.07, 6.45) is 2.74. The molecule has 118 valence electrons. The zero-order valence-electron chi connectivity index (χ0n) is 14.0. The highest BCUT2D eigenvalue weighted by Crippen LogP contribution is 2.25. The normalized spacial score (nSPS) is 27.6. The van der Waals surface area contributed by atoms with Crippen LogP contribution in [0.4, 0.5) is 0 Å². The molecule has 0 aromatic heterocycles. The molecule has 1 aliphatic heterocycles. The van der Waals surface area contributed by atoms with E-state index >= 15 is 0 Å². The summed E-state index contributed by atoms with van der Waals surface area (Å²) >= 11 is 0. The van der Waals surface area contributed by atoms with Crippen molar-refractivity contribution in [2.45, 2.75) is 71.8 Å². The van der Waals surface area contributed by atoms with Crippen molar-refractivity contribution >= 4 is 0 Å². The molecule has 2 N–H and O–H groups in total. The van der Waals surface area contributed by atoms with Gasteiger partial charge in [-0.3, -0.25) is 0 Å². The van der Waals surface area contributed by atoms with Gasteiger partial charge in [0.05, 0.1) is 31.0 Å². The summed E-state index contributed by atoms with van der Waals surface area (Å²) in [5.41, 5.74) is 11.4. The van der Waals surface area contributed by atoms with Crippen LogP contribution in [0.1, 0.15) is 55.0 Å². The molecule has 3 nitrogen and oxygen atoms in total. The van der Waals surface area contributed by atoms with Crippen LogP contribution in [0.25, 0.3) is 0 Å². The molecule has 1 saturated heterocycles. The topological polar surface area (TPSA) is 44.5 Å². The molecular formula is C18H29NO2. The number of ether oxygens (including phenoxy) is 2. The Morgan fingerprint density at radius 2 is 1.67 bits per heavy atom. The van der Waals surface area contributed by atoms with Crippen LogP contribution in [-0.4, -0.2) is 24.9 Å². The van der Waals surface area contributed by atoms with Gasteiger partial charge in [-0.25, -0.2) is 0 Å². The summed E-state index contributed by atoms with van der Waals surface area (Å²) < 4.78 is 11.8. The van der Waals surface area contributed by atoms with Crippen molar-refractivity contribution in [2.24, 2.45) is 5.73 Å². The third-order valence-corrected chi connectivity index (χ3v) is 4.27. The second-order valence-electron chi connectivity index (χ2n) is 6.60. The van der Waals surface area contributed by atoms with Crippen LogP contribution in [-0.2, 0) is 9.47 Å². The molecule has 0 bridgehead atoms. The van der Waals surface area contributed by atoms with Gasteiger partial charge in [-0.1, -0.05) is 17.7 Å². The van der Waals surface area contributed by atoms with E-state index in [4.69, 9.17) is 15.2 Å². The smallest absolute Gasteiger partial charge is 0.0663 e. The lowest BCUT2D eigenvalue weighted by molar-refractivity contribution is -0.103. The van der Waals surface area contributed by atoms with Gasteiger partial charge >= 0.3 is 0 Å². The summed E-state index contributed by atoms with van der Waals surface area (Å²) in [6.45, 7) is 11.2. The van der Waals surface area contributed by atoms with Crippen LogP contribution in [0.2, 0.25) is 0 Å². The standard InChI is InChI=1S/C18H29NO2/c1-11-6-12(2)18(13(3)7-11)17(19)10-20-16-8-14(4)21-15(5)9-16/h6-7,14-17H,8-10,19H2,1-5H3. The Hall–Kier alpha value is -0.900. The summed E-state index contributed by atoms with van der Waals surface area (Å²) in [4.78, 5) is 0. The van der Waals surface area contributed by atoms with E-state index in [1.54, 1.807) is 0 Å². The summed E-state index contributed by atoms with van der Waals surface area (Å²) in [5, 5.41) is 0. The predicted octanol–water partition coefficient (Wildman–Crippen LogP) is 3.58. The van der Waals surface area contributed by atoms with Crippen LogP contribution in [0, 0.1) is 20.8 Å². The molecule has 1 heterocycles. The summed E-state index contributed by atoms with van der Waals surface area (Å²) in [6, 6.07) is 4.33. The van der Waals surface area contributed by atoms with Gasteiger partial charge in [-0.2, -0.15) is 0 Å². The van der Waals surface area contributed by atoms with Gasteiger partial charge in [0.15, 0.2) is 0 Å². The Labute approximate surface area is 128 Å². The Morgan fingerprint density at radius 3 is 2.19 bits per heavy atom. The van der Waals surface area contributed by atoms with Gasteiger partial charge in [0.25, 0.3) is 0 Å². The minimum Gasteiger partial charge on any atom is -0.376 e. The molecule has 0 aliphatic carbocycles. The fourth-order valence-corrected chi connectivity index (χ4v) is 3.58. The zero-order chi connectivity index (χ0) is 15.6. The Morgan fingerprint density at radius 1 is 1.14 bits per heavy atom. The largest absolute Gasteiger partial charge is 0.376 e. The highest BCUT2D eigenvalue weighted by molar-refractivity contribution is 5.39. The third-order valence-electron chi connectivity index (χ3n) is 4.27. The first kappa shape index (κ1) is 16.5. The number of rotatable bonds is 4. The lowest BCUT2D eigenvalue weighted by Gasteiger charge is -2.32. The first-order chi connectivity index (χ1) is 9.86. The van der Waals surface area contributed by atoms with Crippen LogP contribution < -0.4 is 5.73 Å². The Balaban J connectivity index is 1.97. The first-order valence-corrected chi connectivity index (χ1v) is 7.97. The van der Waals surface area contributed by atoms with Crippen LogP contribution in [0.5, 0.6) is 0 Å². The zero-order valence-corrected chi connectivity index (χ0v) is 14.0. The number of hydrogen-bond acceptors (Lipinski definition) is 3. The third kappa shape index (κ3) is 4.29. The summed E-state index contributed by atoms with van der Waals surface area (Å²) in [5.74, 6) is 0. The molecule has 1 aromatic rings. The van der Waals surface area contributed by atoms with Gasteiger partial charge < -0.3 is 15.2 Å². The van der Waals surface area contributed by atoms with Gasteiger partial charge in [-0.05, 0) is 64.2 Å². The van der Waals surface area contributed by atoms with E-state index in [1.807, 2.05) is 0 Å². The van der Waals surface area contributed by atoms with E-state index in [0.717, 1.165) is 12.8 Å². The van der Waals surface area contributed by atoms with Gasteiger partial charge in [0.2, 0.25) is 0 Å². The van der Waals surface area contributed by atoms with Gasteiger partial charge in [0, 0.05) is 0 Å². The molecule has 3 unspecified atom stereocenters.